The van der Waals surface area contributed by atoms with Gasteiger partial charge < -0.3 is 5.32 Å². The van der Waals surface area contributed by atoms with Crippen LogP contribution in [0.15, 0.2) is 16.6 Å². The SMILES string of the molecule is Cc1cc(NC2CCC(C)CC2)c(Br)cc1[N+](=O)[O-]. The van der Waals surface area contributed by atoms with Gasteiger partial charge in [-0.1, -0.05) is 6.92 Å². The van der Waals surface area contributed by atoms with Crippen molar-refractivity contribution in [2.24, 2.45) is 5.92 Å². The molecule has 104 valence electrons. The molecule has 1 aromatic rings. The van der Waals surface area contributed by atoms with Crippen molar-refractivity contribution in [3.8, 4) is 0 Å². The molecule has 2 rings (SSSR count). The summed E-state index contributed by atoms with van der Waals surface area (Å²) < 4.78 is 0.767. The predicted molar refractivity (Wildman–Crippen MR) is 80.6 cm³/mol. The number of rotatable bonds is 3. The van der Waals surface area contributed by atoms with Crippen molar-refractivity contribution in [2.75, 3.05) is 5.32 Å². The van der Waals surface area contributed by atoms with Gasteiger partial charge in [0.1, 0.15) is 0 Å². The van der Waals surface area contributed by atoms with Gasteiger partial charge in [-0.2, -0.15) is 0 Å². The summed E-state index contributed by atoms with van der Waals surface area (Å²) in [6.45, 7) is 4.07. The summed E-state index contributed by atoms with van der Waals surface area (Å²) in [5.41, 5.74) is 1.82. The van der Waals surface area contributed by atoms with Crippen LogP contribution in [0.2, 0.25) is 0 Å². The van der Waals surface area contributed by atoms with Crippen LogP contribution in [0.4, 0.5) is 11.4 Å². The van der Waals surface area contributed by atoms with E-state index in [1.165, 1.54) is 25.7 Å². The predicted octanol–water partition coefficient (Wildman–Crippen LogP) is 4.66. The number of hydrogen-bond donors (Lipinski definition) is 1. The van der Waals surface area contributed by atoms with Crippen molar-refractivity contribution in [3.63, 3.8) is 0 Å². The molecule has 1 aliphatic carbocycles. The molecule has 4 nitrogen and oxygen atoms in total. The van der Waals surface area contributed by atoms with Crippen molar-refractivity contribution < 1.29 is 4.92 Å². The van der Waals surface area contributed by atoms with Crippen molar-refractivity contribution in [3.05, 3.63) is 32.3 Å². The van der Waals surface area contributed by atoms with E-state index in [0.717, 1.165) is 16.1 Å². The van der Waals surface area contributed by atoms with Gasteiger partial charge in [0.2, 0.25) is 0 Å². The zero-order chi connectivity index (χ0) is 14.0. The molecule has 0 amide bonds. The molecule has 0 unspecified atom stereocenters. The normalized spacial score (nSPS) is 23.1. The molecule has 1 N–H and O–H groups in total. The number of nitro benzene ring substituents is 1. The molecule has 0 radical (unpaired) electrons. The van der Waals surface area contributed by atoms with Crippen LogP contribution in [0, 0.1) is 23.0 Å². The third-order valence-corrected chi connectivity index (χ3v) is 4.51. The topological polar surface area (TPSA) is 55.2 Å². The summed E-state index contributed by atoms with van der Waals surface area (Å²) >= 11 is 3.42. The average molecular weight is 327 g/mol. The summed E-state index contributed by atoms with van der Waals surface area (Å²) in [7, 11) is 0. The van der Waals surface area contributed by atoms with Gasteiger partial charge >= 0.3 is 0 Å². The number of nitrogens with one attached hydrogen (secondary N) is 1. The molecule has 0 aliphatic heterocycles. The number of benzene rings is 1. The van der Waals surface area contributed by atoms with Crippen LogP contribution in [0.1, 0.15) is 38.2 Å². The fourth-order valence-corrected chi connectivity index (χ4v) is 3.05. The van der Waals surface area contributed by atoms with E-state index in [2.05, 4.69) is 28.2 Å². The summed E-state index contributed by atoms with van der Waals surface area (Å²) in [4.78, 5) is 10.5. The third kappa shape index (κ3) is 3.47. The van der Waals surface area contributed by atoms with Crippen molar-refractivity contribution in [1.82, 2.24) is 0 Å². The molecule has 5 heteroatoms. The molecule has 1 fully saturated rings. The van der Waals surface area contributed by atoms with Gasteiger partial charge in [-0.25, -0.2) is 0 Å². The molecule has 0 aromatic heterocycles. The first kappa shape index (κ1) is 14.3. The lowest BCUT2D eigenvalue weighted by atomic mass is 9.87. The molecule has 1 saturated carbocycles. The smallest absolute Gasteiger partial charge is 0.273 e. The Morgan fingerprint density at radius 2 is 1.95 bits per heavy atom. The quantitative estimate of drug-likeness (QED) is 0.649. The van der Waals surface area contributed by atoms with E-state index in [9.17, 15) is 10.1 Å². The Balaban J connectivity index is 2.13. The van der Waals surface area contributed by atoms with Crippen LogP contribution in [-0.2, 0) is 0 Å². The first-order valence-corrected chi connectivity index (χ1v) is 7.47. The lowest BCUT2D eigenvalue weighted by molar-refractivity contribution is -0.385. The zero-order valence-electron chi connectivity index (χ0n) is 11.3. The van der Waals surface area contributed by atoms with Crippen LogP contribution in [0.25, 0.3) is 0 Å². The minimum atomic E-state index is -0.341. The molecule has 0 atom stereocenters. The number of hydrogen-bond acceptors (Lipinski definition) is 3. The van der Waals surface area contributed by atoms with Crippen LogP contribution >= 0.6 is 15.9 Å². The Morgan fingerprint density at radius 1 is 1.32 bits per heavy atom. The van der Waals surface area contributed by atoms with E-state index in [1.54, 1.807) is 13.0 Å². The number of halogens is 1. The molecule has 0 spiro atoms. The second-order valence-corrected chi connectivity index (χ2v) is 6.33. The lowest BCUT2D eigenvalue weighted by Gasteiger charge is -2.28. The highest BCUT2D eigenvalue weighted by Crippen LogP contribution is 2.33. The number of nitrogens with zero attached hydrogens (tertiary/aromatic N) is 1. The first-order valence-electron chi connectivity index (χ1n) is 6.68. The van der Waals surface area contributed by atoms with Crippen LogP contribution in [0.5, 0.6) is 0 Å². The van der Waals surface area contributed by atoms with Gasteiger partial charge in [-0.05, 0) is 60.5 Å². The number of nitro groups is 1. The van der Waals surface area contributed by atoms with Gasteiger partial charge in [0.15, 0.2) is 0 Å². The van der Waals surface area contributed by atoms with Crippen LogP contribution in [-0.4, -0.2) is 11.0 Å². The molecule has 1 aromatic carbocycles. The maximum atomic E-state index is 10.9. The summed E-state index contributed by atoms with van der Waals surface area (Å²) in [6.07, 6.45) is 4.84. The molecule has 0 bridgehead atoms. The number of aryl methyl sites for hydroxylation is 1. The summed E-state index contributed by atoms with van der Waals surface area (Å²) in [5, 5.41) is 14.4. The highest BCUT2D eigenvalue weighted by atomic mass is 79.9. The summed E-state index contributed by atoms with van der Waals surface area (Å²) in [5.74, 6) is 0.820. The van der Waals surface area contributed by atoms with Crippen LogP contribution < -0.4 is 5.32 Å². The maximum Gasteiger partial charge on any atom is 0.273 e. The highest BCUT2D eigenvalue weighted by molar-refractivity contribution is 9.10. The van der Waals surface area contributed by atoms with Crippen molar-refractivity contribution in [2.45, 2.75) is 45.6 Å². The van der Waals surface area contributed by atoms with E-state index >= 15 is 0 Å². The Labute approximate surface area is 121 Å². The zero-order valence-corrected chi connectivity index (χ0v) is 12.9. The fourth-order valence-electron chi connectivity index (χ4n) is 2.60. The second-order valence-electron chi connectivity index (χ2n) is 5.48. The van der Waals surface area contributed by atoms with E-state index in [-0.39, 0.29) is 10.6 Å². The Bertz CT molecular complexity index is 483. The van der Waals surface area contributed by atoms with E-state index in [4.69, 9.17) is 0 Å². The third-order valence-electron chi connectivity index (χ3n) is 3.86. The minimum absolute atomic E-state index is 0.162. The highest BCUT2D eigenvalue weighted by Gasteiger charge is 2.20. The van der Waals surface area contributed by atoms with E-state index in [0.29, 0.717) is 11.6 Å². The minimum Gasteiger partial charge on any atom is -0.381 e. The molecule has 1 aliphatic rings. The Morgan fingerprint density at radius 3 is 2.53 bits per heavy atom. The van der Waals surface area contributed by atoms with Crippen molar-refractivity contribution >= 4 is 27.3 Å². The van der Waals surface area contributed by atoms with Gasteiger partial charge in [0.25, 0.3) is 5.69 Å². The molecule has 19 heavy (non-hydrogen) atoms. The Kier molecular flexibility index (Phi) is 4.45. The average Bonchev–Trinajstić information content (AvgIpc) is 2.35. The first-order chi connectivity index (χ1) is 8.97. The lowest BCUT2D eigenvalue weighted by Crippen LogP contribution is -2.25. The second kappa shape index (κ2) is 5.90. The van der Waals surface area contributed by atoms with Gasteiger partial charge in [0, 0.05) is 27.8 Å². The molecular formula is C14H19BrN2O2. The molecule has 0 heterocycles. The standard InChI is InChI=1S/C14H19BrN2O2/c1-9-3-5-11(6-4-9)16-13-7-10(2)14(17(18)19)8-12(13)15/h7-9,11,16H,3-6H2,1-2H3. The van der Waals surface area contributed by atoms with Gasteiger partial charge in [-0.15, -0.1) is 0 Å². The van der Waals surface area contributed by atoms with E-state index in [1.807, 2.05) is 6.07 Å². The van der Waals surface area contributed by atoms with Gasteiger partial charge in [0.05, 0.1) is 4.92 Å². The summed E-state index contributed by atoms with van der Waals surface area (Å²) in [6, 6.07) is 3.93. The van der Waals surface area contributed by atoms with Crippen LogP contribution in [0.3, 0.4) is 0 Å². The monoisotopic (exact) mass is 326 g/mol. The fraction of sp³-hybridized carbons (Fsp3) is 0.571. The largest absolute Gasteiger partial charge is 0.381 e. The van der Waals surface area contributed by atoms with Gasteiger partial charge in [-0.3, -0.25) is 10.1 Å². The van der Waals surface area contributed by atoms with E-state index < -0.39 is 0 Å². The number of anilines is 1. The maximum absolute atomic E-state index is 10.9. The molecule has 0 saturated heterocycles. The Hall–Kier alpha value is -1.10. The molecular weight excluding hydrogens is 308 g/mol. The van der Waals surface area contributed by atoms with Crippen molar-refractivity contribution in [1.29, 1.82) is 0 Å².